The number of carbonyl (C=O) groups excluding carboxylic acids is 1. The van der Waals surface area contributed by atoms with Gasteiger partial charge >= 0.3 is 0 Å². The molecule has 6 nitrogen and oxygen atoms in total. The highest BCUT2D eigenvalue weighted by molar-refractivity contribution is 6.30. The van der Waals surface area contributed by atoms with Crippen LogP contribution in [0.25, 0.3) is 11.4 Å². The lowest BCUT2D eigenvalue weighted by Gasteiger charge is -2.30. The quantitative estimate of drug-likeness (QED) is 0.641. The second-order valence-electron chi connectivity index (χ2n) is 7.80. The first-order chi connectivity index (χ1) is 14.6. The van der Waals surface area contributed by atoms with Crippen LogP contribution in [0.3, 0.4) is 0 Å². The Morgan fingerprint density at radius 2 is 2.10 bits per heavy atom. The van der Waals surface area contributed by atoms with Crippen LogP contribution in [-0.2, 0) is 17.9 Å². The molecule has 0 radical (unpaired) electrons. The summed E-state index contributed by atoms with van der Waals surface area (Å²) in [4.78, 5) is 19.4. The first-order valence-corrected chi connectivity index (χ1v) is 10.6. The molecule has 4 rings (SSSR count). The van der Waals surface area contributed by atoms with E-state index in [1.54, 1.807) is 12.1 Å². The number of piperidine rings is 1. The van der Waals surface area contributed by atoms with Crippen molar-refractivity contribution in [1.82, 2.24) is 20.4 Å². The Hall–Kier alpha value is -2.70. The van der Waals surface area contributed by atoms with E-state index in [4.69, 9.17) is 16.1 Å². The maximum Gasteiger partial charge on any atom is 0.241 e. The standard InChI is InChI=1S/C23H25ClN4O2/c1-16-4-2-5-17(12-16)13-25-23(29)19-6-3-11-28(14-19)15-21-26-22(27-30-21)18-7-9-20(24)10-8-18/h2,4-5,7-10,12,19H,3,6,11,13-15H2,1H3,(H,25,29). The summed E-state index contributed by atoms with van der Waals surface area (Å²) in [5.74, 6) is 1.18. The second kappa shape index (κ2) is 9.41. The number of rotatable bonds is 6. The summed E-state index contributed by atoms with van der Waals surface area (Å²) >= 11 is 5.93. The van der Waals surface area contributed by atoms with Gasteiger partial charge in [-0.2, -0.15) is 4.98 Å². The van der Waals surface area contributed by atoms with Crippen LogP contribution in [0.15, 0.2) is 53.1 Å². The van der Waals surface area contributed by atoms with E-state index < -0.39 is 0 Å². The minimum Gasteiger partial charge on any atom is -0.352 e. The summed E-state index contributed by atoms with van der Waals surface area (Å²) in [5, 5.41) is 7.82. The highest BCUT2D eigenvalue weighted by atomic mass is 35.5. The summed E-state index contributed by atoms with van der Waals surface area (Å²) in [6, 6.07) is 15.5. The van der Waals surface area contributed by atoms with Crippen molar-refractivity contribution in [1.29, 1.82) is 0 Å². The van der Waals surface area contributed by atoms with E-state index in [0.29, 0.717) is 36.4 Å². The average Bonchev–Trinajstić information content (AvgIpc) is 3.21. The van der Waals surface area contributed by atoms with Gasteiger partial charge < -0.3 is 9.84 Å². The molecule has 0 saturated carbocycles. The summed E-state index contributed by atoms with van der Waals surface area (Å²) in [6.07, 6.45) is 1.87. The Bertz CT molecular complexity index is 1000. The third-order valence-electron chi connectivity index (χ3n) is 5.35. The largest absolute Gasteiger partial charge is 0.352 e. The first-order valence-electron chi connectivity index (χ1n) is 10.2. The topological polar surface area (TPSA) is 71.3 Å². The third kappa shape index (κ3) is 5.26. The number of benzene rings is 2. The minimum atomic E-state index is -0.0257. The molecule has 1 amide bonds. The highest BCUT2D eigenvalue weighted by Crippen LogP contribution is 2.21. The van der Waals surface area contributed by atoms with Gasteiger partial charge in [-0.15, -0.1) is 0 Å². The smallest absolute Gasteiger partial charge is 0.241 e. The van der Waals surface area contributed by atoms with Gasteiger partial charge in [0.15, 0.2) is 0 Å². The molecule has 1 aliphatic heterocycles. The van der Waals surface area contributed by atoms with Crippen molar-refractivity contribution in [2.24, 2.45) is 5.92 Å². The number of likely N-dealkylation sites (tertiary alicyclic amines) is 1. The summed E-state index contributed by atoms with van der Waals surface area (Å²) in [6.45, 7) is 4.77. The van der Waals surface area contributed by atoms with Gasteiger partial charge in [-0.3, -0.25) is 9.69 Å². The fourth-order valence-corrected chi connectivity index (χ4v) is 3.92. The summed E-state index contributed by atoms with van der Waals surface area (Å²) in [5.41, 5.74) is 3.18. The van der Waals surface area contributed by atoms with Crippen LogP contribution in [0.2, 0.25) is 5.02 Å². The van der Waals surface area contributed by atoms with Gasteiger partial charge in [0.05, 0.1) is 12.5 Å². The lowest BCUT2D eigenvalue weighted by atomic mass is 9.97. The molecular formula is C23H25ClN4O2. The lowest BCUT2D eigenvalue weighted by molar-refractivity contribution is -0.127. The molecule has 2 heterocycles. The Kier molecular flexibility index (Phi) is 6.45. The third-order valence-corrected chi connectivity index (χ3v) is 5.61. The molecule has 1 unspecified atom stereocenters. The molecule has 0 bridgehead atoms. The molecule has 1 saturated heterocycles. The summed E-state index contributed by atoms with van der Waals surface area (Å²) in [7, 11) is 0. The Labute approximate surface area is 181 Å². The van der Waals surface area contributed by atoms with Crippen molar-refractivity contribution in [3.63, 3.8) is 0 Å². The average molecular weight is 425 g/mol. The van der Waals surface area contributed by atoms with E-state index in [-0.39, 0.29) is 11.8 Å². The van der Waals surface area contributed by atoms with Crippen molar-refractivity contribution < 1.29 is 9.32 Å². The number of amides is 1. The van der Waals surface area contributed by atoms with E-state index in [1.807, 2.05) is 24.3 Å². The number of carbonyl (C=O) groups is 1. The molecule has 1 aromatic heterocycles. The van der Waals surface area contributed by atoms with Crippen molar-refractivity contribution >= 4 is 17.5 Å². The molecule has 1 atom stereocenters. The number of halogens is 1. The molecule has 1 aliphatic rings. The van der Waals surface area contributed by atoms with Crippen molar-refractivity contribution in [3.05, 3.63) is 70.6 Å². The van der Waals surface area contributed by atoms with Gasteiger partial charge in [0.2, 0.25) is 17.6 Å². The zero-order chi connectivity index (χ0) is 20.9. The van der Waals surface area contributed by atoms with Crippen LogP contribution in [-0.4, -0.2) is 34.0 Å². The fourth-order valence-electron chi connectivity index (χ4n) is 3.80. The van der Waals surface area contributed by atoms with Crippen LogP contribution in [0, 0.1) is 12.8 Å². The number of hydrogen-bond acceptors (Lipinski definition) is 5. The van der Waals surface area contributed by atoms with Gasteiger partial charge in [-0.05, 0) is 56.1 Å². The number of hydrogen-bond donors (Lipinski definition) is 1. The van der Waals surface area contributed by atoms with E-state index in [9.17, 15) is 4.79 Å². The number of aromatic nitrogens is 2. The zero-order valence-corrected chi connectivity index (χ0v) is 17.7. The molecule has 7 heteroatoms. The molecule has 1 fully saturated rings. The van der Waals surface area contributed by atoms with Crippen molar-refractivity contribution in [2.75, 3.05) is 13.1 Å². The molecule has 30 heavy (non-hydrogen) atoms. The van der Waals surface area contributed by atoms with E-state index in [0.717, 1.165) is 30.5 Å². The number of nitrogens with one attached hydrogen (secondary N) is 1. The van der Waals surface area contributed by atoms with Crippen LogP contribution in [0.4, 0.5) is 0 Å². The van der Waals surface area contributed by atoms with Gasteiger partial charge in [0.1, 0.15) is 0 Å². The predicted molar refractivity (Wildman–Crippen MR) is 116 cm³/mol. The Morgan fingerprint density at radius 3 is 2.90 bits per heavy atom. The lowest BCUT2D eigenvalue weighted by Crippen LogP contribution is -2.42. The predicted octanol–water partition coefficient (Wildman–Crippen LogP) is 4.23. The molecule has 0 aliphatic carbocycles. The van der Waals surface area contributed by atoms with Crippen LogP contribution in [0.1, 0.15) is 29.9 Å². The van der Waals surface area contributed by atoms with Crippen LogP contribution >= 0.6 is 11.6 Å². The van der Waals surface area contributed by atoms with Gasteiger partial charge in [-0.1, -0.05) is 46.6 Å². The molecule has 2 aromatic carbocycles. The molecule has 0 spiro atoms. The van der Waals surface area contributed by atoms with Crippen LogP contribution < -0.4 is 5.32 Å². The van der Waals surface area contributed by atoms with E-state index >= 15 is 0 Å². The monoisotopic (exact) mass is 424 g/mol. The van der Waals surface area contributed by atoms with Crippen molar-refractivity contribution in [3.8, 4) is 11.4 Å². The Balaban J connectivity index is 1.31. The number of nitrogens with zero attached hydrogens (tertiary/aromatic N) is 3. The maximum absolute atomic E-state index is 12.7. The van der Waals surface area contributed by atoms with Crippen molar-refractivity contribution in [2.45, 2.75) is 32.9 Å². The fraction of sp³-hybridized carbons (Fsp3) is 0.348. The van der Waals surface area contributed by atoms with Crippen LogP contribution in [0.5, 0.6) is 0 Å². The Morgan fingerprint density at radius 1 is 1.27 bits per heavy atom. The van der Waals surface area contributed by atoms with E-state index in [2.05, 4.69) is 39.4 Å². The van der Waals surface area contributed by atoms with Gasteiger partial charge in [0.25, 0.3) is 0 Å². The van der Waals surface area contributed by atoms with Gasteiger partial charge in [-0.25, -0.2) is 0 Å². The second-order valence-corrected chi connectivity index (χ2v) is 8.24. The molecule has 1 N–H and O–H groups in total. The highest BCUT2D eigenvalue weighted by Gasteiger charge is 2.26. The normalized spacial score (nSPS) is 17.1. The summed E-state index contributed by atoms with van der Waals surface area (Å²) < 4.78 is 5.43. The van der Waals surface area contributed by atoms with E-state index in [1.165, 1.54) is 5.56 Å². The number of aryl methyl sites for hydroxylation is 1. The molecule has 156 valence electrons. The van der Waals surface area contributed by atoms with Gasteiger partial charge in [0, 0.05) is 23.7 Å². The minimum absolute atomic E-state index is 0.0257. The zero-order valence-electron chi connectivity index (χ0n) is 17.0. The first kappa shape index (κ1) is 20.6. The maximum atomic E-state index is 12.7. The molecular weight excluding hydrogens is 400 g/mol. The SMILES string of the molecule is Cc1cccc(CNC(=O)C2CCCN(Cc3nc(-c4ccc(Cl)cc4)no3)C2)c1. The molecule has 3 aromatic rings.